The SMILES string of the molecule is CCN(CC)c1ccc2c(-c3ccccc3C)c3ccc(=[N+](CC)CC)cc-3oc2c1.[BH3-]c1c(F)c(F)c(F)c(F)c1F. The minimum Gasteiger partial charge on any atom is -0.456 e. The molecule has 1 aliphatic carbocycles. The summed E-state index contributed by atoms with van der Waals surface area (Å²) in [5.41, 5.74) is 6.48. The second-order valence-electron chi connectivity index (χ2n) is 9.69. The molecule has 1 heterocycles. The van der Waals surface area contributed by atoms with Crippen LogP contribution in [0.15, 0.2) is 65.1 Å². The first kappa shape index (κ1) is 31.8. The van der Waals surface area contributed by atoms with E-state index in [9.17, 15) is 22.0 Å². The fraction of sp³-hybridized carbons (Fsp3) is 0.265. The number of aryl methyl sites for hydroxylation is 1. The van der Waals surface area contributed by atoms with Gasteiger partial charge in [-0.1, -0.05) is 24.3 Å². The molecule has 0 fully saturated rings. The monoisotopic (exact) mass is 594 g/mol. The normalized spacial score (nSPS) is 11.0. The Morgan fingerprint density at radius 1 is 0.721 bits per heavy atom. The molecule has 43 heavy (non-hydrogen) atoms. The Bertz CT molecular complexity index is 1700. The summed E-state index contributed by atoms with van der Waals surface area (Å²) in [4.78, 5) is 2.36. The Hall–Kier alpha value is -4.14. The Kier molecular flexibility index (Phi) is 9.94. The molecule has 5 rings (SSSR count). The van der Waals surface area contributed by atoms with Crippen molar-refractivity contribution in [2.24, 2.45) is 0 Å². The Morgan fingerprint density at radius 3 is 1.91 bits per heavy atom. The third-order valence-corrected chi connectivity index (χ3v) is 7.35. The van der Waals surface area contributed by atoms with Gasteiger partial charge in [-0.2, -0.15) is 0 Å². The van der Waals surface area contributed by atoms with Crippen LogP contribution in [0.3, 0.4) is 0 Å². The summed E-state index contributed by atoms with van der Waals surface area (Å²) in [5.74, 6) is -8.20. The molecule has 9 heteroatoms. The summed E-state index contributed by atoms with van der Waals surface area (Å²) in [6.07, 6.45) is 0. The van der Waals surface area contributed by atoms with E-state index in [0.29, 0.717) is 0 Å². The van der Waals surface area contributed by atoms with Gasteiger partial charge in [0.15, 0.2) is 17.5 Å². The van der Waals surface area contributed by atoms with Crippen molar-refractivity contribution < 1.29 is 26.4 Å². The van der Waals surface area contributed by atoms with Crippen molar-refractivity contribution in [1.82, 2.24) is 4.58 Å². The van der Waals surface area contributed by atoms with Gasteiger partial charge in [-0.15, -0.1) is 5.46 Å². The topological polar surface area (TPSA) is 19.4 Å². The summed E-state index contributed by atoms with van der Waals surface area (Å²) >= 11 is 0. The first-order valence-corrected chi connectivity index (χ1v) is 13.9. The van der Waals surface area contributed by atoms with Crippen molar-refractivity contribution in [3.63, 3.8) is 0 Å². The minimum atomic E-state index is -2.09. The van der Waals surface area contributed by atoms with Crippen molar-refractivity contribution >= 4 is 30.0 Å². The smallest absolute Gasteiger partial charge is 0.203 e. The van der Waals surface area contributed by atoms with Crippen LogP contribution in [0.25, 0.3) is 33.4 Å². The first-order chi connectivity index (χ1) is 20.6. The Balaban J connectivity index is 0.000000296. The van der Waals surface area contributed by atoms with E-state index in [4.69, 9.17) is 4.42 Å². The maximum absolute atomic E-state index is 12.5. The van der Waals surface area contributed by atoms with Crippen LogP contribution >= 0.6 is 0 Å². The molecular formula is C34H36BF5N2O. The van der Waals surface area contributed by atoms with Crippen LogP contribution in [-0.4, -0.2) is 34.0 Å². The third kappa shape index (κ3) is 6.17. The summed E-state index contributed by atoms with van der Waals surface area (Å²) in [7, 11) is -1.05. The van der Waals surface area contributed by atoms with E-state index in [-0.39, 0.29) is 0 Å². The lowest BCUT2D eigenvalue weighted by molar-refractivity contribution is 0.384. The molecule has 0 N–H and O–H groups in total. The van der Waals surface area contributed by atoms with E-state index < -0.39 is 42.4 Å². The fourth-order valence-electron chi connectivity index (χ4n) is 5.08. The van der Waals surface area contributed by atoms with E-state index in [1.807, 2.05) is 0 Å². The number of fused-ring (bicyclic) bond motifs is 2. The van der Waals surface area contributed by atoms with Gasteiger partial charge in [0.2, 0.25) is 5.36 Å². The second-order valence-corrected chi connectivity index (χ2v) is 9.69. The highest BCUT2D eigenvalue weighted by Crippen LogP contribution is 2.41. The molecule has 226 valence electrons. The van der Waals surface area contributed by atoms with Gasteiger partial charge in [0.1, 0.15) is 36.1 Å². The molecule has 0 atom stereocenters. The van der Waals surface area contributed by atoms with Crippen LogP contribution < -0.4 is 20.3 Å². The minimum absolute atomic E-state index is 0.619. The first-order valence-electron chi connectivity index (χ1n) is 13.9. The molecule has 1 aliphatic heterocycles. The predicted octanol–water partition coefficient (Wildman–Crippen LogP) is 6.54. The molecule has 3 nitrogen and oxygen atoms in total. The number of nitrogens with zero attached hydrogens (tertiary/aromatic N) is 2. The average molecular weight is 594 g/mol. The second kappa shape index (κ2) is 13.4. The van der Waals surface area contributed by atoms with Gasteiger partial charge in [0.05, 0.1) is 6.07 Å². The average Bonchev–Trinajstić information content (AvgIpc) is 3.02. The molecule has 3 aromatic rings. The van der Waals surface area contributed by atoms with Crippen LogP contribution in [0.5, 0.6) is 0 Å². The van der Waals surface area contributed by atoms with Crippen molar-refractivity contribution in [3.8, 4) is 22.5 Å². The van der Waals surface area contributed by atoms with Crippen LogP contribution in [0.1, 0.15) is 33.3 Å². The highest BCUT2D eigenvalue weighted by atomic mass is 19.2. The molecule has 0 saturated heterocycles. The summed E-state index contributed by atoms with van der Waals surface area (Å²) < 4.78 is 70.7. The molecule has 0 unspecified atom stereocenters. The molecule has 0 amide bonds. The van der Waals surface area contributed by atoms with Crippen LogP contribution in [-0.2, 0) is 0 Å². The molecular weight excluding hydrogens is 558 g/mol. The van der Waals surface area contributed by atoms with E-state index in [1.54, 1.807) is 0 Å². The van der Waals surface area contributed by atoms with Gasteiger partial charge >= 0.3 is 0 Å². The summed E-state index contributed by atoms with van der Waals surface area (Å²) in [5, 5.41) is 2.37. The zero-order valence-corrected chi connectivity index (χ0v) is 24.3. The third-order valence-electron chi connectivity index (χ3n) is 7.35. The number of anilines is 1. The molecule has 0 spiro atoms. The van der Waals surface area contributed by atoms with Crippen LogP contribution in [0.4, 0.5) is 27.6 Å². The zero-order chi connectivity index (χ0) is 31.4. The van der Waals surface area contributed by atoms with Gasteiger partial charge < -0.3 is 9.32 Å². The molecule has 0 saturated carbocycles. The molecule has 0 aromatic heterocycles. The van der Waals surface area contributed by atoms with Crippen molar-refractivity contribution in [2.75, 3.05) is 31.1 Å². The van der Waals surface area contributed by atoms with E-state index >= 15 is 0 Å². The molecule has 0 radical (unpaired) electrons. The van der Waals surface area contributed by atoms with E-state index in [0.717, 1.165) is 48.5 Å². The van der Waals surface area contributed by atoms with E-state index in [1.165, 1.54) is 27.7 Å². The maximum Gasteiger partial charge on any atom is 0.203 e. The van der Waals surface area contributed by atoms with Gasteiger partial charge in [0, 0.05) is 47.4 Å². The predicted molar refractivity (Wildman–Crippen MR) is 169 cm³/mol. The molecule has 2 aliphatic rings. The van der Waals surface area contributed by atoms with Gasteiger partial charge in [-0.3, -0.25) is 0 Å². The lowest BCUT2D eigenvalue weighted by Crippen LogP contribution is -2.29. The number of rotatable bonds is 6. The molecule has 0 bridgehead atoms. The lowest BCUT2D eigenvalue weighted by atomic mass is 9.91. The maximum atomic E-state index is 12.5. The largest absolute Gasteiger partial charge is 0.456 e. The number of hydrogen-bond donors (Lipinski definition) is 0. The molecule has 3 aromatic carbocycles. The van der Waals surface area contributed by atoms with Crippen molar-refractivity contribution in [1.29, 1.82) is 0 Å². The van der Waals surface area contributed by atoms with Crippen LogP contribution in [0.2, 0.25) is 0 Å². The van der Waals surface area contributed by atoms with Crippen molar-refractivity contribution in [3.05, 3.63) is 101 Å². The zero-order valence-electron chi connectivity index (χ0n) is 24.3. The number of benzene rings is 4. The quantitative estimate of drug-likeness (QED) is 0.0556. The van der Waals surface area contributed by atoms with Gasteiger partial charge in [-0.25, -0.2) is 26.5 Å². The van der Waals surface area contributed by atoms with Gasteiger partial charge in [-0.05, 0) is 71.8 Å². The van der Waals surface area contributed by atoms with Crippen LogP contribution in [0, 0.1) is 36.0 Å². The number of hydrogen-bond acceptors (Lipinski definition) is 2. The summed E-state index contributed by atoms with van der Waals surface area (Å²) in [6, 6.07) is 21.9. The number of halogens is 5. The van der Waals surface area contributed by atoms with E-state index in [2.05, 4.69) is 105 Å². The summed E-state index contributed by atoms with van der Waals surface area (Å²) in [6.45, 7) is 14.9. The lowest BCUT2D eigenvalue weighted by Gasteiger charge is -2.22. The highest BCUT2D eigenvalue weighted by Gasteiger charge is 2.21. The fourth-order valence-corrected chi connectivity index (χ4v) is 5.08. The Morgan fingerprint density at radius 2 is 1.33 bits per heavy atom. The van der Waals surface area contributed by atoms with Gasteiger partial charge in [0.25, 0.3) is 0 Å². The standard InChI is InChI=1S/C28H33N2O.C6H3BF5/c1-6-29(7-2)21-14-16-24-26(18-21)31-27-19-22(30(8-3)9-4)15-17-25(27)28(24)23-13-11-10-12-20(23)5;7-1-2(8)4(10)6(12)5(11)3(1)9/h10-19H,6-9H2,1-5H3;7H3/q+1;-1. The van der Waals surface area contributed by atoms with Crippen molar-refractivity contribution in [2.45, 2.75) is 34.6 Å². The highest BCUT2D eigenvalue weighted by molar-refractivity contribution is 6.32. The Labute approximate surface area is 249 Å².